The second-order valence-electron chi connectivity index (χ2n) is 3.96. The third-order valence-electron chi connectivity index (χ3n) is 2.48. The van der Waals surface area contributed by atoms with Gasteiger partial charge in [0.05, 0.1) is 30.4 Å². The molecule has 0 heterocycles. The number of nitriles is 1. The van der Waals surface area contributed by atoms with Crippen molar-refractivity contribution >= 4 is 15.9 Å². The average molecular weight is 328 g/mol. The van der Waals surface area contributed by atoms with Gasteiger partial charge in [0.1, 0.15) is 0 Å². The van der Waals surface area contributed by atoms with Crippen LogP contribution in [0.3, 0.4) is 0 Å². The van der Waals surface area contributed by atoms with Gasteiger partial charge in [0, 0.05) is 6.42 Å². The molecule has 1 aromatic rings. The first-order chi connectivity index (χ1) is 9.22. The number of halogens is 1. The van der Waals surface area contributed by atoms with Crippen LogP contribution >= 0.6 is 15.9 Å². The highest BCUT2D eigenvalue weighted by Gasteiger charge is 2.11. The van der Waals surface area contributed by atoms with E-state index in [0.29, 0.717) is 31.1 Å². The van der Waals surface area contributed by atoms with E-state index < -0.39 is 0 Å². The SMILES string of the molecule is CCOc1cc(CO)cc(Br)c1OCCCCC#N. The van der Waals surface area contributed by atoms with Crippen LogP contribution in [0.1, 0.15) is 31.7 Å². The Labute approximate surface area is 122 Å². The zero-order valence-corrected chi connectivity index (χ0v) is 12.6. The predicted octanol–water partition coefficient (Wildman–Crippen LogP) is 3.41. The Morgan fingerprint density at radius 1 is 1.32 bits per heavy atom. The van der Waals surface area contributed by atoms with Crippen LogP contribution in [0.15, 0.2) is 16.6 Å². The Kier molecular flexibility index (Phi) is 7.31. The molecule has 0 aliphatic heterocycles. The van der Waals surface area contributed by atoms with E-state index in [1.807, 2.05) is 13.0 Å². The molecular formula is C14H18BrNO3. The molecule has 4 nitrogen and oxygen atoms in total. The smallest absolute Gasteiger partial charge is 0.175 e. The molecule has 0 amide bonds. The first-order valence-electron chi connectivity index (χ1n) is 6.28. The maximum atomic E-state index is 9.17. The maximum absolute atomic E-state index is 9.17. The summed E-state index contributed by atoms with van der Waals surface area (Å²) in [4.78, 5) is 0. The van der Waals surface area contributed by atoms with Crippen LogP contribution in [0.2, 0.25) is 0 Å². The molecule has 1 aromatic carbocycles. The van der Waals surface area contributed by atoms with Crippen molar-refractivity contribution in [3.8, 4) is 17.6 Å². The van der Waals surface area contributed by atoms with Crippen molar-refractivity contribution in [1.29, 1.82) is 5.26 Å². The number of unbranched alkanes of at least 4 members (excludes halogenated alkanes) is 2. The first-order valence-corrected chi connectivity index (χ1v) is 7.08. The van der Waals surface area contributed by atoms with Gasteiger partial charge in [-0.3, -0.25) is 0 Å². The third kappa shape index (κ3) is 5.09. The summed E-state index contributed by atoms with van der Waals surface area (Å²) in [7, 11) is 0. The molecular weight excluding hydrogens is 310 g/mol. The van der Waals surface area contributed by atoms with Crippen LogP contribution in [0.5, 0.6) is 11.5 Å². The van der Waals surface area contributed by atoms with Gasteiger partial charge in [0.2, 0.25) is 0 Å². The number of rotatable bonds is 8. The molecule has 0 saturated carbocycles. The van der Waals surface area contributed by atoms with Gasteiger partial charge in [-0.1, -0.05) is 0 Å². The number of ether oxygens (including phenoxy) is 2. The largest absolute Gasteiger partial charge is 0.490 e. The topological polar surface area (TPSA) is 62.5 Å². The van der Waals surface area contributed by atoms with E-state index in [9.17, 15) is 5.11 Å². The van der Waals surface area contributed by atoms with Gasteiger partial charge in [-0.15, -0.1) is 0 Å². The Balaban J connectivity index is 2.72. The number of benzene rings is 1. The number of aliphatic hydroxyl groups is 1. The second-order valence-corrected chi connectivity index (χ2v) is 4.81. The van der Waals surface area contributed by atoms with Crippen molar-refractivity contribution in [2.75, 3.05) is 13.2 Å². The summed E-state index contributed by atoms with van der Waals surface area (Å²) in [5, 5.41) is 17.6. The van der Waals surface area contributed by atoms with Crippen molar-refractivity contribution in [1.82, 2.24) is 0 Å². The van der Waals surface area contributed by atoms with Crippen LogP contribution in [0.25, 0.3) is 0 Å². The van der Waals surface area contributed by atoms with Gasteiger partial charge in [-0.25, -0.2) is 0 Å². The molecule has 0 aliphatic rings. The molecule has 104 valence electrons. The lowest BCUT2D eigenvalue weighted by atomic mass is 10.2. The number of hydrogen-bond donors (Lipinski definition) is 1. The van der Waals surface area contributed by atoms with Crippen molar-refractivity contribution in [2.24, 2.45) is 0 Å². The summed E-state index contributed by atoms with van der Waals surface area (Å²) in [6.45, 7) is 2.93. The summed E-state index contributed by atoms with van der Waals surface area (Å²) in [5.41, 5.74) is 0.771. The first kappa shape index (κ1) is 15.8. The zero-order chi connectivity index (χ0) is 14.1. The average Bonchev–Trinajstić information content (AvgIpc) is 2.41. The summed E-state index contributed by atoms with van der Waals surface area (Å²) in [6, 6.07) is 5.70. The molecule has 5 heteroatoms. The van der Waals surface area contributed by atoms with E-state index >= 15 is 0 Å². The van der Waals surface area contributed by atoms with Crippen LogP contribution in [-0.2, 0) is 6.61 Å². The summed E-state index contributed by atoms with van der Waals surface area (Å²) >= 11 is 3.42. The number of nitrogens with zero attached hydrogens (tertiary/aromatic N) is 1. The molecule has 1 rings (SSSR count). The predicted molar refractivity (Wildman–Crippen MR) is 76.2 cm³/mol. The Morgan fingerprint density at radius 3 is 2.74 bits per heavy atom. The van der Waals surface area contributed by atoms with E-state index in [4.69, 9.17) is 14.7 Å². The molecule has 0 aliphatic carbocycles. The highest BCUT2D eigenvalue weighted by Crippen LogP contribution is 2.37. The highest BCUT2D eigenvalue weighted by atomic mass is 79.9. The quantitative estimate of drug-likeness (QED) is 0.743. The van der Waals surface area contributed by atoms with Crippen molar-refractivity contribution in [3.63, 3.8) is 0 Å². The van der Waals surface area contributed by atoms with Crippen LogP contribution in [0.4, 0.5) is 0 Å². The van der Waals surface area contributed by atoms with E-state index in [1.165, 1.54) is 0 Å². The minimum absolute atomic E-state index is 0.0406. The van der Waals surface area contributed by atoms with Gasteiger partial charge >= 0.3 is 0 Å². The summed E-state index contributed by atoms with van der Waals surface area (Å²) < 4.78 is 12.0. The minimum Gasteiger partial charge on any atom is -0.490 e. The monoisotopic (exact) mass is 327 g/mol. The third-order valence-corrected chi connectivity index (χ3v) is 3.07. The number of hydrogen-bond acceptors (Lipinski definition) is 4. The zero-order valence-electron chi connectivity index (χ0n) is 11.0. The standard InChI is InChI=1S/C14H18BrNO3/c1-2-18-13-9-11(10-17)8-12(15)14(13)19-7-5-3-4-6-16/h8-9,17H,2-5,7,10H2,1H3. The van der Waals surface area contributed by atoms with Crippen LogP contribution in [0, 0.1) is 11.3 Å². The maximum Gasteiger partial charge on any atom is 0.175 e. The van der Waals surface area contributed by atoms with E-state index in [0.717, 1.165) is 22.9 Å². The van der Waals surface area contributed by atoms with Gasteiger partial charge in [0.25, 0.3) is 0 Å². The normalized spacial score (nSPS) is 10.0. The van der Waals surface area contributed by atoms with E-state index in [2.05, 4.69) is 22.0 Å². The van der Waals surface area contributed by atoms with E-state index in [1.54, 1.807) is 6.07 Å². The minimum atomic E-state index is -0.0406. The fraction of sp³-hybridized carbons (Fsp3) is 0.500. The molecule has 0 atom stereocenters. The van der Waals surface area contributed by atoms with Gasteiger partial charge in [-0.2, -0.15) is 5.26 Å². The highest BCUT2D eigenvalue weighted by molar-refractivity contribution is 9.10. The fourth-order valence-electron chi connectivity index (χ4n) is 1.60. The summed E-state index contributed by atoms with van der Waals surface area (Å²) in [5.74, 6) is 1.28. The van der Waals surface area contributed by atoms with Crippen molar-refractivity contribution in [3.05, 3.63) is 22.2 Å². The van der Waals surface area contributed by atoms with Crippen LogP contribution < -0.4 is 9.47 Å². The number of aliphatic hydroxyl groups excluding tert-OH is 1. The Bertz CT molecular complexity index is 443. The summed E-state index contributed by atoms with van der Waals surface area (Å²) in [6.07, 6.45) is 2.20. The van der Waals surface area contributed by atoms with E-state index in [-0.39, 0.29) is 6.61 Å². The fourth-order valence-corrected chi connectivity index (χ4v) is 2.20. The molecule has 0 saturated heterocycles. The Morgan fingerprint density at radius 2 is 2.11 bits per heavy atom. The molecule has 0 spiro atoms. The lowest BCUT2D eigenvalue weighted by Crippen LogP contribution is -2.02. The van der Waals surface area contributed by atoms with Gasteiger partial charge in [-0.05, 0) is 53.4 Å². The van der Waals surface area contributed by atoms with Crippen LogP contribution in [-0.4, -0.2) is 18.3 Å². The molecule has 0 radical (unpaired) electrons. The van der Waals surface area contributed by atoms with Gasteiger partial charge in [0.15, 0.2) is 11.5 Å². The van der Waals surface area contributed by atoms with Gasteiger partial charge < -0.3 is 14.6 Å². The van der Waals surface area contributed by atoms with Crippen molar-refractivity contribution < 1.29 is 14.6 Å². The molecule has 0 aromatic heterocycles. The molecule has 0 fully saturated rings. The molecule has 0 bridgehead atoms. The molecule has 1 N–H and O–H groups in total. The molecule has 19 heavy (non-hydrogen) atoms. The second kappa shape index (κ2) is 8.78. The Hall–Kier alpha value is -1.25. The lowest BCUT2D eigenvalue weighted by Gasteiger charge is -2.14. The lowest BCUT2D eigenvalue weighted by molar-refractivity contribution is 0.264. The molecule has 0 unspecified atom stereocenters. The van der Waals surface area contributed by atoms with Crippen molar-refractivity contribution in [2.45, 2.75) is 32.8 Å².